The van der Waals surface area contributed by atoms with E-state index >= 15 is 0 Å². The van der Waals surface area contributed by atoms with Gasteiger partial charge >= 0.3 is 0 Å². The van der Waals surface area contributed by atoms with Gasteiger partial charge in [-0.15, -0.1) is 0 Å². The third-order valence-corrected chi connectivity index (χ3v) is 5.22. The van der Waals surface area contributed by atoms with Crippen LogP contribution in [0.3, 0.4) is 0 Å². The fourth-order valence-electron chi connectivity index (χ4n) is 3.58. The quantitative estimate of drug-likeness (QED) is 0.882. The van der Waals surface area contributed by atoms with Gasteiger partial charge in [0.1, 0.15) is 22.9 Å². The molecule has 2 heterocycles. The molecule has 0 radical (unpaired) electrons. The summed E-state index contributed by atoms with van der Waals surface area (Å²) in [6, 6.07) is 12.9. The number of ether oxygens (including phenoxy) is 2. The minimum atomic E-state index is -0.525. The lowest BCUT2D eigenvalue weighted by Crippen LogP contribution is -2.54. The number of halogens is 1. The van der Waals surface area contributed by atoms with Gasteiger partial charge in [0.2, 0.25) is 0 Å². The lowest BCUT2D eigenvalue weighted by molar-refractivity contribution is -0.136. The molecular weight excluding hydrogens is 363 g/mol. The van der Waals surface area contributed by atoms with Crippen LogP contribution in [-0.2, 0) is 4.79 Å². The minimum Gasteiger partial charge on any atom is -0.484 e. The van der Waals surface area contributed by atoms with Crippen molar-refractivity contribution in [1.82, 2.24) is 10.2 Å². The van der Waals surface area contributed by atoms with E-state index in [1.807, 2.05) is 6.07 Å². The Morgan fingerprint density at radius 2 is 1.96 bits per heavy atom. The summed E-state index contributed by atoms with van der Waals surface area (Å²) in [6.45, 7) is 1.27. The number of piperidine rings is 1. The second-order valence-corrected chi connectivity index (χ2v) is 7.09. The molecule has 1 spiro atoms. The van der Waals surface area contributed by atoms with E-state index in [1.54, 1.807) is 29.2 Å². The Morgan fingerprint density at radius 3 is 2.75 bits per heavy atom. The highest BCUT2D eigenvalue weighted by Gasteiger charge is 2.40. The maximum Gasteiger partial charge on any atom is 0.260 e. The highest BCUT2D eigenvalue weighted by Crippen LogP contribution is 2.32. The molecule has 2 amide bonds. The summed E-state index contributed by atoms with van der Waals surface area (Å²) in [4.78, 5) is 26.4. The number of hydrogen-bond donors (Lipinski definition) is 1. The van der Waals surface area contributed by atoms with Crippen molar-refractivity contribution in [2.24, 2.45) is 0 Å². The SMILES string of the molecule is O=C1NCC2(CCN(C(=O)COc3cccc(F)c3)CC2)Oc2ccccc21. The van der Waals surface area contributed by atoms with Crippen molar-refractivity contribution in [3.05, 3.63) is 59.9 Å². The number of hydrogen-bond acceptors (Lipinski definition) is 4. The molecule has 0 bridgehead atoms. The van der Waals surface area contributed by atoms with Crippen LogP contribution in [0.5, 0.6) is 11.5 Å². The molecule has 4 rings (SSSR count). The molecule has 2 aromatic rings. The van der Waals surface area contributed by atoms with Gasteiger partial charge in [0.05, 0.1) is 12.1 Å². The molecule has 2 aliphatic heterocycles. The zero-order valence-electron chi connectivity index (χ0n) is 15.3. The van der Waals surface area contributed by atoms with Crippen LogP contribution >= 0.6 is 0 Å². The zero-order valence-corrected chi connectivity index (χ0v) is 15.3. The number of nitrogens with zero attached hydrogens (tertiary/aromatic N) is 1. The number of benzene rings is 2. The van der Waals surface area contributed by atoms with Gasteiger partial charge in [-0.2, -0.15) is 0 Å². The molecule has 1 fully saturated rings. The van der Waals surface area contributed by atoms with E-state index in [-0.39, 0.29) is 18.4 Å². The van der Waals surface area contributed by atoms with E-state index in [4.69, 9.17) is 9.47 Å². The average Bonchev–Trinajstić information content (AvgIpc) is 2.84. The van der Waals surface area contributed by atoms with E-state index in [0.29, 0.717) is 49.5 Å². The van der Waals surface area contributed by atoms with Gasteiger partial charge in [-0.1, -0.05) is 18.2 Å². The van der Waals surface area contributed by atoms with Crippen molar-refractivity contribution in [2.75, 3.05) is 26.2 Å². The largest absolute Gasteiger partial charge is 0.484 e. The number of nitrogens with one attached hydrogen (secondary N) is 1. The van der Waals surface area contributed by atoms with Crippen LogP contribution in [0, 0.1) is 5.82 Å². The molecular formula is C21H21FN2O4. The van der Waals surface area contributed by atoms with Crippen LogP contribution < -0.4 is 14.8 Å². The van der Waals surface area contributed by atoms with Crippen molar-refractivity contribution in [2.45, 2.75) is 18.4 Å². The molecule has 0 unspecified atom stereocenters. The number of para-hydroxylation sites is 1. The zero-order chi connectivity index (χ0) is 19.6. The second kappa shape index (κ2) is 7.50. The molecule has 1 N–H and O–H groups in total. The summed E-state index contributed by atoms with van der Waals surface area (Å²) in [7, 11) is 0. The van der Waals surface area contributed by atoms with Crippen LogP contribution in [0.25, 0.3) is 0 Å². The molecule has 7 heteroatoms. The summed E-state index contributed by atoms with van der Waals surface area (Å²) in [5.74, 6) is 0.198. The number of likely N-dealkylation sites (tertiary alicyclic amines) is 1. The van der Waals surface area contributed by atoms with Crippen molar-refractivity contribution < 1.29 is 23.5 Å². The lowest BCUT2D eigenvalue weighted by atomic mass is 9.91. The summed E-state index contributed by atoms with van der Waals surface area (Å²) < 4.78 is 24.8. The van der Waals surface area contributed by atoms with Gasteiger partial charge in [-0.3, -0.25) is 9.59 Å². The molecule has 0 aliphatic carbocycles. The van der Waals surface area contributed by atoms with Crippen LogP contribution in [-0.4, -0.2) is 48.6 Å². The third-order valence-electron chi connectivity index (χ3n) is 5.22. The summed E-state index contributed by atoms with van der Waals surface area (Å²) in [5, 5.41) is 2.93. The molecule has 2 aliphatic rings. The predicted octanol–water partition coefficient (Wildman–Crippen LogP) is 2.39. The Balaban J connectivity index is 1.36. The van der Waals surface area contributed by atoms with Gasteiger partial charge in [-0.25, -0.2) is 4.39 Å². The fourth-order valence-corrected chi connectivity index (χ4v) is 3.58. The predicted molar refractivity (Wildman–Crippen MR) is 99.8 cm³/mol. The van der Waals surface area contributed by atoms with E-state index in [2.05, 4.69) is 5.32 Å². The highest BCUT2D eigenvalue weighted by atomic mass is 19.1. The first kappa shape index (κ1) is 18.3. The van der Waals surface area contributed by atoms with E-state index in [0.717, 1.165) is 0 Å². The summed E-state index contributed by atoms with van der Waals surface area (Å²) in [5.41, 5.74) is 0.00371. The van der Waals surface area contributed by atoms with Crippen LogP contribution in [0.1, 0.15) is 23.2 Å². The first-order chi connectivity index (χ1) is 13.5. The first-order valence-electron chi connectivity index (χ1n) is 9.27. The molecule has 6 nitrogen and oxygen atoms in total. The molecule has 0 saturated carbocycles. The Labute approximate surface area is 162 Å². The average molecular weight is 384 g/mol. The number of carbonyl (C=O) groups excluding carboxylic acids is 2. The van der Waals surface area contributed by atoms with Gasteiger partial charge in [0, 0.05) is 32.0 Å². The number of amides is 2. The Bertz CT molecular complexity index is 893. The molecule has 0 aromatic heterocycles. The molecule has 2 aromatic carbocycles. The van der Waals surface area contributed by atoms with E-state index in [1.165, 1.54) is 18.2 Å². The number of rotatable bonds is 3. The molecule has 146 valence electrons. The van der Waals surface area contributed by atoms with Crippen molar-refractivity contribution >= 4 is 11.8 Å². The van der Waals surface area contributed by atoms with Crippen LogP contribution in [0.4, 0.5) is 4.39 Å². The molecule has 0 atom stereocenters. The van der Waals surface area contributed by atoms with Crippen LogP contribution in [0.15, 0.2) is 48.5 Å². The van der Waals surface area contributed by atoms with Crippen molar-refractivity contribution in [3.63, 3.8) is 0 Å². The third kappa shape index (κ3) is 3.78. The monoisotopic (exact) mass is 384 g/mol. The normalized spacial score (nSPS) is 17.9. The van der Waals surface area contributed by atoms with Gasteiger partial charge < -0.3 is 19.7 Å². The number of fused-ring (bicyclic) bond motifs is 1. The highest BCUT2D eigenvalue weighted by molar-refractivity contribution is 5.97. The van der Waals surface area contributed by atoms with Crippen LogP contribution in [0.2, 0.25) is 0 Å². The first-order valence-corrected chi connectivity index (χ1v) is 9.27. The Morgan fingerprint density at radius 1 is 1.18 bits per heavy atom. The molecule has 28 heavy (non-hydrogen) atoms. The molecule has 1 saturated heterocycles. The Kier molecular flexibility index (Phi) is 4.90. The summed E-state index contributed by atoms with van der Waals surface area (Å²) >= 11 is 0. The van der Waals surface area contributed by atoms with Crippen molar-refractivity contribution in [1.29, 1.82) is 0 Å². The van der Waals surface area contributed by atoms with E-state index in [9.17, 15) is 14.0 Å². The maximum absolute atomic E-state index is 13.2. The van der Waals surface area contributed by atoms with Crippen molar-refractivity contribution in [3.8, 4) is 11.5 Å². The maximum atomic E-state index is 13.2. The Hall–Kier alpha value is -3.09. The minimum absolute atomic E-state index is 0.142. The smallest absolute Gasteiger partial charge is 0.260 e. The van der Waals surface area contributed by atoms with Gasteiger partial charge in [0.25, 0.3) is 11.8 Å². The van der Waals surface area contributed by atoms with Gasteiger partial charge in [-0.05, 0) is 24.3 Å². The fraction of sp³-hybridized carbons (Fsp3) is 0.333. The summed E-state index contributed by atoms with van der Waals surface area (Å²) in [6.07, 6.45) is 1.21. The topological polar surface area (TPSA) is 67.9 Å². The second-order valence-electron chi connectivity index (χ2n) is 7.09. The van der Waals surface area contributed by atoms with E-state index < -0.39 is 11.4 Å². The van der Waals surface area contributed by atoms with Gasteiger partial charge in [0.15, 0.2) is 6.61 Å². The lowest BCUT2D eigenvalue weighted by Gasteiger charge is -2.41. The standard InChI is InChI=1S/C21H21FN2O4/c22-15-4-3-5-16(12-15)27-13-19(25)24-10-8-21(9-11-24)14-23-20(26)17-6-1-2-7-18(17)28-21/h1-7,12H,8-11,13-14H2,(H,23,26). The number of carbonyl (C=O) groups is 2.